The van der Waals surface area contributed by atoms with Gasteiger partial charge in [-0.25, -0.2) is 4.79 Å². The highest BCUT2D eigenvalue weighted by molar-refractivity contribution is 7.12. The van der Waals surface area contributed by atoms with Crippen molar-refractivity contribution in [2.75, 3.05) is 6.54 Å². The number of rotatable bonds is 4. The predicted molar refractivity (Wildman–Crippen MR) is 146 cm³/mol. The molecule has 0 bridgehead atoms. The van der Waals surface area contributed by atoms with E-state index in [4.69, 9.17) is 4.74 Å². The summed E-state index contributed by atoms with van der Waals surface area (Å²) in [5, 5.41) is 4.65. The number of ketones is 2. The molecule has 1 aliphatic rings. The van der Waals surface area contributed by atoms with Crippen molar-refractivity contribution in [2.24, 2.45) is 5.41 Å². The van der Waals surface area contributed by atoms with Crippen LogP contribution >= 0.6 is 11.3 Å². The maximum atomic E-state index is 10.9. The van der Waals surface area contributed by atoms with Crippen LogP contribution in [0.25, 0.3) is 0 Å². The Balaban J connectivity index is 0. The van der Waals surface area contributed by atoms with Gasteiger partial charge in [-0.05, 0) is 89.7 Å². The first-order chi connectivity index (χ1) is 15.6. The molecule has 0 unspecified atom stereocenters. The fraction of sp³-hybridized carbons (Fsp3) is 0.750. The number of nitrogens with one attached hydrogen (secondary N) is 1. The molecule has 0 atom stereocenters. The average Bonchev–Trinajstić information content (AvgIpc) is 3.05. The van der Waals surface area contributed by atoms with E-state index in [1.165, 1.54) is 49.0 Å². The van der Waals surface area contributed by atoms with Crippen LogP contribution in [0.1, 0.15) is 128 Å². The highest BCUT2D eigenvalue weighted by Crippen LogP contribution is 2.34. The molecule has 198 valence electrons. The Hall–Kier alpha value is -1.69. The molecular weight excluding hydrogens is 446 g/mol. The molecule has 1 amide bonds. The zero-order valence-electron chi connectivity index (χ0n) is 23.8. The number of thiophene rings is 1. The van der Waals surface area contributed by atoms with Crippen molar-refractivity contribution in [1.82, 2.24) is 5.32 Å². The van der Waals surface area contributed by atoms with Gasteiger partial charge in [0, 0.05) is 13.0 Å². The second-order valence-electron chi connectivity index (χ2n) is 10.6. The van der Waals surface area contributed by atoms with Gasteiger partial charge in [-0.15, -0.1) is 11.3 Å². The molecule has 2 rings (SSSR count). The van der Waals surface area contributed by atoms with Gasteiger partial charge in [-0.3, -0.25) is 4.79 Å². The SMILES string of the molecule is CC(=O)c1scc(C)c1C.CC1(C)CCCCC1.CCC(C)=O.CCCNC(=O)OC(C)(C)C. The molecule has 5 nitrogen and oxygen atoms in total. The first-order valence-corrected chi connectivity index (χ1v) is 13.5. The van der Waals surface area contributed by atoms with Gasteiger partial charge in [-0.1, -0.05) is 47.0 Å². The van der Waals surface area contributed by atoms with Crippen molar-refractivity contribution in [1.29, 1.82) is 0 Å². The molecule has 34 heavy (non-hydrogen) atoms. The highest BCUT2D eigenvalue weighted by atomic mass is 32.1. The Morgan fingerprint density at radius 1 is 1.03 bits per heavy atom. The van der Waals surface area contributed by atoms with E-state index < -0.39 is 5.60 Å². The van der Waals surface area contributed by atoms with Crippen molar-refractivity contribution in [3.63, 3.8) is 0 Å². The first kappa shape index (κ1) is 34.5. The second-order valence-corrected chi connectivity index (χ2v) is 11.5. The van der Waals surface area contributed by atoms with Crippen LogP contribution in [0.4, 0.5) is 4.79 Å². The van der Waals surface area contributed by atoms with Gasteiger partial charge in [0.25, 0.3) is 0 Å². The molecule has 1 aromatic rings. The molecule has 1 fully saturated rings. The van der Waals surface area contributed by atoms with Gasteiger partial charge in [-0.2, -0.15) is 0 Å². The summed E-state index contributed by atoms with van der Waals surface area (Å²) in [6, 6.07) is 0. The number of hydrogen-bond acceptors (Lipinski definition) is 5. The lowest BCUT2D eigenvalue weighted by atomic mass is 9.78. The lowest BCUT2D eigenvalue weighted by molar-refractivity contribution is -0.116. The lowest BCUT2D eigenvalue weighted by Crippen LogP contribution is -2.32. The molecule has 0 aliphatic heterocycles. The van der Waals surface area contributed by atoms with Gasteiger partial charge in [0.05, 0.1) is 4.88 Å². The minimum Gasteiger partial charge on any atom is -0.444 e. The van der Waals surface area contributed by atoms with E-state index in [0.29, 0.717) is 18.4 Å². The van der Waals surface area contributed by atoms with Gasteiger partial charge in [0.1, 0.15) is 11.4 Å². The topological polar surface area (TPSA) is 72.5 Å². The maximum absolute atomic E-state index is 10.9. The van der Waals surface area contributed by atoms with Gasteiger partial charge < -0.3 is 14.8 Å². The summed E-state index contributed by atoms with van der Waals surface area (Å²) in [5.41, 5.74) is 2.64. The van der Waals surface area contributed by atoms with Crippen LogP contribution in [0, 0.1) is 19.3 Å². The number of carbonyl (C=O) groups is 3. The summed E-state index contributed by atoms with van der Waals surface area (Å²) < 4.78 is 4.99. The Kier molecular flexibility index (Phi) is 18.0. The smallest absolute Gasteiger partial charge is 0.407 e. The number of alkyl carbamates (subject to hydrolysis) is 1. The molecule has 0 radical (unpaired) electrons. The molecule has 1 saturated carbocycles. The van der Waals surface area contributed by atoms with Crippen LogP contribution in [0.15, 0.2) is 5.38 Å². The third-order valence-corrected chi connectivity index (χ3v) is 6.53. The summed E-state index contributed by atoms with van der Waals surface area (Å²) in [4.78, 5) is 32.5. The van der Waals surface area contributed by atoms with Gasteiger partial charge >= 0.3 is 6.09 Å². The largest absolute Gasteiger partial charge is 0.444 e. The van der Waals surface area contributed by atoms with Crippen LogP contribution in [0.5, 0.6) is 0 Å². The fourth-order valence-electron chi connectivity index (χ4n) is 2.90. The summed E-state index contributed by atoms with van der Waals surface area (Å²) >= 11 is 1.53. The maximum Gasteiger partial charge on any atom is 0.407 e. The molecule has 0 aromatic carbocycles. The predicted octanol–water partition coefficient (Wildman–Crippen LogP) is 8.45. The summed E-state index contributed by atoms with van der Waals surface area (Å²) in [6.07, 6.45) is 8.57. The van der Waals surface area contributed by atoms with E-state index in [1.54, 1.807) is 13.8 Å². The van der Waals surface area contributed by atoms with E-state index in [1.807, 2.05) is 53.8 Å². The molecule has 6 heteroatoms. The van der Waals surface area contributed by atoms with Crippen molar-refractivity contribution < 1.29 is 19.1 Å². The van der Waals surface area contributed by atoms with Crippen LogP contribution in [-0.2, 0) is 9.53 Å². The number of carbonyl (C=O) groups excluding carboxylic acids is 3. The molecule has 1 N–H and O–H groups in total. The number of Topliss-reactive ketones (excluding diaryl/α,β-unsaturated/α-hetero) is 2. The lowest BCUT2D eigenvalue weighted by Gasteiger charge is -2.28. The van der Waals surface area contributed by atoms with Gasteiger partial charge in [0.2, 0.25) is 0 Å². The zero-order valence-corrected chi connectivity index (χ0v) is 24.6. The quantitative estimate of drug-likeness (QED) is 0.423. The molecule has 1 aliphatic carbocycles. The standard InChI is InChI=1S/C8H17NO2.C8H10OS.C8H16.C4H8O/c1-5-6-9-7(10)11-8(2,3)4;1-5-4-10-8(6(5)2)7(3)9;1-8(2)6-4-3-5-7-8;1-3-4(2)5/h5-6H2,1-4H3,(H,9,10);4H,1-3H3;3-7H2,1-2H3;3H2,1-2H3. The molecule has 1 aromatic heterocycles. The minimum absolute atomic E-state index is 0.176. The number of ether oxygens (including phenoxy) is 1. The number of aryl methyl sites for hydroxylation is 1. The van der Waals surface area contributed by atoms with Crippen LogP contribution in [-0.4, -0.2) is 29.8 Å². The van der Waals surface area contributed by atoms with Crippen molar-refractivity contribution >= 4 is 29.0 Å². The summed E-state index contributed by atoms with van der Waals surface area (Å²) in [5.74, 6) is 0.431. The summed E-state index contributed by atoms with van der Waals surface area (Å²) in [6.45, 7) is 22.0. The number of hydrogen-bond donors (Lipinski definition) is 1. The fourth-order valence-corrected chi connectivity index (χ4v) is 3.88. The third-order valence-electron chi connectivity index (χ3n) is 5.23. The first-order valence-electron chi connectivity index (χ1n) is 12.6. The van der Waals surface area contributed by atoms with Crippen molar-refractivity contribution in [2.45, 2.75) is 127 Å². The Bertz CT molecular complexity index is 721. The van der Waals surface area contributed by atoms with Crippen molar-refractivity contribution in [3.8, 4) is 0 Å². The van der Waals surface area contributed by atoms with E-state index in [-0.39, 0.29) is 17.7 Å². The van der Waals surface area contributed by atoms with E-state index in [0.717, 1.165) is 16.9 Å². The van der Waals surface area contributed by atoms with Crippen LogP contribution in [0.2, 0.25) is 0 Å². The molecule has 1 heterocycles. The van der Waals surface area contributed by atoms with Gasteiger partial charge in [0.15, 0.2) is 5.78 Å². The second kappa shape index (κ2) is 17.7. The van der Waals surface area contributed by atoms with E-state index in [9.17, 15) is 14.4 Å². The Morgan fingerprint density at radius 3 is 1.76 bits per heavy atom. The monoisotopic (exact) mass is 497 g/mol. The van der Waals surface area contributed by atoms with Crippen LogP contribution in [0.3, 0.4) is 0 Å². The summed E-state index contributed by atoms with van der Waals surface area (Å²) in [7, 11) is 0. The Morgan fingerprint density at radius 2 is 1.53 bits per heavy atom. The normalized spacial score (nSPS) is 14.1. The number of amides is 1. The third kappa shape index (κ3) is 19.7. The van der Waals surface area contributed by atoms with E-state index >= 15 is 0 Å². The van der Waals surface area contributed by atoms with E-state index in [2.05, 4.69) is 19.2 Å². The Labute approximate surface area is 213 Å². The van der Waals surface area contributed by atoms with Crippen LogP contribution < -0.4 is 5.32 Å². The minimum atomic E-state index is -0.391. The van der Waals surface area contributed by atoms with Crippen molar-refractivity contribution in [3.05, 3.63) is 21.4 Å². The highest BCUT2D eigenvalue weighted by Gasteiger charge is 2.20. The zero-order chi connectivity index (χ0) is 26.9. The molecule has 0 spiro atoms. The average molecular weight is 498 g/mol. The molecule has 0 saturated heterocycles. The molecular formula is C28H51NO4S.